The van der Waals surface area contributed by atoms with Gasteiger partial charge in [0.25, 0.3) is 0 Å². The molecule has 0 fully saturated rings. The van der Waals surface area contributed by atoms with Gasteiger partial charge in [-0.1, -0.05) is 55.5 Å². The molecule has 8 rings (SSSR count). The molecule has 0 N–H and O–H groups in total. The number of benzene rings is 2. The Bertz CT molecular complexity index is 2150. The van der Waals surface area contributed by atoms with Gasteiger partial charge in [-0.05, 0) is 91.1 Å². The van der Waals surface area contributed by atoms with E-state index in [9.17, 15) is 0 Å². The van der Waals surface area contributed by atoms with Crippen LogP contribution in [0, 0.1) is 0 Å². The van der Waals surface area contributed by atoms with Gasteiger partial charge in [0, 0.05) is 76.1 Å². The van der Waals surface area contributed by atoms with Crippen molar-refractivity contribution < 1.29 is 0 Å². The van der Waals surface area contributed by atoms with Crippen LogP contribution in [0.1, 0.15) is 56.0 Å². The van der Waals surface area contributed by atoms with Crippen molar-refractivity contribution in [2.24, 2.45) is 4.99 Å². The normalized spacial score (nSPS) is 17.7. The van der Waals surface area contributed by atoms with Crippen molar-refractivity contribution in [3.05, 3.63) is 145 Å². The molecular weight excluding hydrogens is 576 g/mol. The first-order chi connectivity index (χ1) is 23.1. The third kappa shape index (κ3) is 5.67. The SMILES string of the molecule is CC1(c2cc(-c3ccccc3)c3nc(C4=CN=C(c5cccnc5)CC4)nc(-c4ccc(-c5cccnc5)nc4)c3c2)CC=CCC1. The van der Waals surface area contributed by atoms with E-state index in [1.54, 1.807) is 12.4 Å². The zero-order valence-corrected chi connectivity index (χ0v) is 26.3. The van der Waals surface area contributed by atoms with Crippen LogP contribution >= 0.6 is 0 Å². The first-order valence-corrected chi connectivity index (χ1v) is 16.2. The van der Waals surface area contributed by atoms with E-state index in [-0.39, 0.29) is 5.41 Å². The molecule has 0 spiro atoms. The van der Waals surface area contributed by atoms with Crippen molar-refractivity contribution in [3.63, 3.8) is 0 Å². The molecule has 0 amide bonds. The molecule has 0 saturated heterocycles. The molecule has 2 aliphatic rings. The maximum atomic E-state index is 5.33. The Morgan fingerprint density at radius 3 is 2.19 bits per heavy atom. The largest absolute Gasteiger partial charge is 0.264 e. The first kappa shape index (κ1) is 28.8. The molecule has 1 aliphatic carbocycles. The molecule has 228 valence electrons. The van der Waals surface area contributed by atoms with Crippen LogP contribution in [0.4, 0.5) is 0 Å². The van der Waals surface area contributed by atoms with Gasteiger partial charge in [0.05, 0.1) is 16.9 Å². The molecule has 1 aliphatic heterocycles. The van der Waals surface area contributed by atoms with Crippen molar-refractivity contribution in [1.82, 2.24) is 24.9 Å². The summed E-state index contributed by atoms with van der Waals surface area (Å²) in [6, 6.07) is 27.5. The second-order valence-corrected chi connectivity index (χ2v) is 12.6. The van der Waals surface area contributed by atoms with Crippen molar-refractivity contribution in [2.45, 2.75) is 44.4 Å². The Hall–Kier alpha value is -5.62. The van der Waals surface area contributed by atoms with E-state index >= 15 is 0 Å². The maximum absolute atomic E-state index is 5.33. The fraction of sp³-hybridized carbons (Fsp3) is 0.171. The van der Waals surface area contributed by atoms with Crippen LogP contribution in [0.3, 0.4) is 0 Å². The summed E-state index contributed by atoms with van der Waals surface area (Å²) in [4.78, 5) is 28.9. The van der Waals surface area contributed by atoms with Crippen LogP contribution < -0.4 is 0 Å². The number of hydrogen-bond acceptors (Lipinski definition) is 6. The molecule has 0 saturated carbocycles. The van der Waals surface area contributed by atoms with E-state index in [0.29, 0.717) is 5.82 Å². The molecule has 0 bridgehead atoms. The highest BCUT2D eigenvalue weighted by molar-refractivity contribution is 6.04. The minimum absolute atomic E-state index is 0.0220. The van der Waals surface area contributed by atoms with E-state index in [4.69, 9.17) is 19.9 Å². The average molecular weight is 611 g/mol. The highest BCUT2D eigenvalue weighted by Gasteiger charge is 2.29. The summed E-state index contributed by atoms with van der Waals surface area (Å²) in [6.45, 7) is 2.39. The van der Waals surface area contributed by atoms with Crippen molar-refractivity contribution in [3.8, 4) is 33.6 Å². The van der Waals surface area contributed by atoms with Gasteiger partial charge < -0.3 is 0 Å². The molecule has 5 heterocycles. The van der Waals surface area contributed by atoms with Crippen LogP contribution in [0.15, 0.2) is 133 Å². The number of rotatable bonds is 6. The third-order valence-electron chi connectivity index (χ3n) is 9.46. The lowest BCUT2D eigenvalue weighted by molar-refractivity contribution is 0.428. The molecule has 47 heavy (non-hydrogen) atoms. The molecular formula is C41H34N6. The lowest BCUT2D eigenvalue weighted by atomic mass is 9.72. The summed E-state index contributed by atoms with van der Waals surface area (Å²) < 4.78 is 0. The van der Waals surface area contributed by atoms with E-state index < -0.39 is 0 Å². The number of hydrogen-bond donors (Lipinski definition) is 0. The Kier molecular flexibility index (Phi) is 7.54. The lowest BCUT2D eigenvalue weighted by Gasteiger charge is -2.32. The summed E-state index contributed by atoms with van der Waals surface area (Å²) in [6.07, 6.45) is 20.6. The van der Waals surface area contributed by atoms with Crippen molar-refractivity contribution in [2.75, 3.05) is 0 Å². The first-order valence-electron chi connectivity index (χ1n) is 16.2. The molecule has 6 aromatic rings. The zero-order valence-electron chi connectivity index (χ0n) is 26.3. The van der Waals surface area contributed by atoms with E-state index in [1.807, 2.05) is 43.0 Å². The lowest BCUT2D eigenvalue weighted by Crippen LogP contribution is -2.23. The summed E-state index contributed by atoms with van der Waals surface area (Å²) in [7, 11) is 0. The van der Waals surface area contributed by atoms with Crippen molar-refractivity contribution in [1.29, 1.82) is 0 Å². The molecule has 0 radical (unpaired) electrons. The van der Waals surface area contributed by atoms with Gasteiger partial charge >= 0.3 is 0 Å². The number of allylic oxidation sites excluding steroid dienone is 3. The molecule has 6 nitrogen and oxygen atoms in total. The quantitative estimate of drug-likeness (QED) is 0.176. The van der Waals surface area contributed by atoms with Gasteiger partial charge in [-0.2, -0.15) is 0 Å². The minimum atomic E-state index is 0.0220. The van der Waals surface area contributed by atoms with Crippen LogP contribution in [0.5, 0.6) is 0 Å². The van der Waals surface area contributed by atoms with Gasteiger partial charge in [-0.3, -0.25) is 19.9 Å². The summed E-state index contributed by atoms with van der Waals surface area (Å²) >= 11 is 0. The number of pyridine rings is 3. The van der Waals surface area contributed by atoms with Crippen LogP contribution in [0.25, 0.3) is 50.1 Å². The maximum Gasteiger partial charge on any atom is 0.157 e. The molecule has 6 heteroatoms. The van der Waals surface area contributed by atoms with E-state index in [1.165, 1.54) is 5.56 Å². The monoisotopic (exact) mass is 610 g/mol. The number of fused-ring (bicyclic) bond motifs is 1. The topological polar surface area (TPSA) is 76.8 Å². The Labute approximate surface area is 274 Å². The predicted octanol–water partition coefficient (Wildman–Crippen LogP) is 9.44. The number of aromatic nitrogens is 5. The van der Waals surface area contributed by atoms with Gasteiger partial charge in [0.15, 0.2) is 5.82 Å². The molecule has 1 atom stereocenters. The molecule has 1 unspecified atom stereocenters. The predicted molar refractivity (Wildman–Crippen MR) is 190 cm³/mol. The number of aliphatic imine (C=N–C) groups is 1. The van der Waals surface area contributed by atoms with Gasteiger partial charge in [0.2, 0.25) is 0 Å². The Balaban J connectivity index is 1.34. The van der Waals surface area contributed by atoms with Gasteiger partial charge in [0.1, 0.15) is 0 Å². The zero-order chi connectivity index (χ0) is 31.6. The fourth-order valence-electron chi connectivity index (χ4n) is 6.69. The van der Waals surface area contributed by atoms with Gasteiger partial charge in [-0.15, -0.1) is 0 Å². The summed E-state index contributed by atoms with van der Waals surface area (Å²) in [5, 5.41) is 1.03. The third-order valence-corrected chi connectivity index (χ3v) is 9.46. The minimum Gasteiger partial charge on any atom is -0.264 e. The summed E-state index contributed by atoms with van der Waals surface area (Å²) in [5.41, 5.74) is 11.3. The molecule has 4 aromatic heterocycles. The van der Waals surface area contributed by atoms with E-state index in [2.05, 4.69) is 89.7 Å². The second kappa shape index (κ2) is 12.3. The number of nitrogens with zero attached hydrogens (tertiary/aromatic N) is 6. The highest BCUT2D eigenvalue weighted by atomic mass is 14.9. The fourth-order valence-corrected chi connectivity index (χ4v) is 6.69. The average Bonchev–Trinajstić information content (AvgIpc) is 3.15. The Morgan fingerprint density at radius 1 is 0.702 bits per heavy atom. The van der Waals surface area contributed by atoms with Crippen LogP contribution in [-0.4, -0.2) is 30.6 Å². The highest BCUT2D eigenvalue weighted by Crippen LogP contribution is 2.42. The van der Waals surface area contributed by atoms with E-state index in [0.717, 1.165) is 93.5 Å². The van der Waals surface area contributed by atoms with Crippen LogP contribution in [-0.2, 0) is 5.41 Å². The second-order valence-electron chi connectivity index (χ2n) is 12.6. The molecule has 2 aromatic carbocycles. The smallest absolute Gasteiger partial charge is 0.157 e. The Morgan fingerprint density at radius 2 is 1.51 bits per heavy atom. The van der Waals surface area contributed by atoms with Crippen molar-refractivity contribution >= 4 is 22.2 Å². The standard InChI is InChI=1S/C41H34N6/c1-41(18-6-3-7-19-41)33-22-34(28-10-4-2-5-11-28)39-35(23-33)38(31-14-16-36(44-26-31)29-12-8-20-42-24-29)46-40(47-39)32-15-17-37(45-27-32)30-13-9-21-43-25-30/h2-6,8-14,16,20-27H,7,15,17-19H2,1H3. The van der Waals surface area contributed by atoms with Crippen LogP contribution in [0.2, 0.25) is 0 Å². The summed E-state index contributed by atoms with van der Waals surface area (Å²) in [5.74, 6) is 0.703. The van der Waals surface area contributed by atoms with Gasteiger partial charge in [-0.25, -0.2) is 9.97 Å².